The standard InChI is InChI=1S/C58H90O6/c1-4-7-10-13-16-19-22-25-27-29-30-32-33-36-39-42-45-48-51-57(60)63-54-55(53-62-56(59)50-47-44-41-38-35-24-21-18-15-12-9-6-3)64-58(61)52-49-46-43-40-37-34-31-28-26-23-20-17-14-11-8-5-2/h8-9,11-12,17-18,20-22,25-30,32,34-35,37-38,43,46,55H,4-7,10,13-16,19,23-24,31,33,36,39-42,44-45,47-54H2,1-3H3/b11-8-,12-9-,20-17-,21-18-,25-22-,28-26-,29-27-,32-30-,37-34-,38-35-,46-43-. The Balaban J connectivity index is 4.60. The van der Waals surface area contributed by atoms with Crippen LogP contribution in [0, 0.1) is 0 Å². The van der Waals surface area contributed by atoms with Crippen LogP contribution < -0.4 is 0 Å². The summed E-state index contributed by atoms with van der Waals surface area (Å²) in [6.45, 7) is 6.25. The summed E-state index contributed by atoms with van der Waals surface area (Å²) in [6, 6.07) is 0. The van der Waals surface area contributed by atoms with Gasteiger partial charge in [-0.05, 0) is 109 Å². The van der Waals surface area contributed by atoms with Gasteiger partial charge in [0.1, 0.15) is 13.2 Å². The Hall–Kier alpha value is -4.45. The zero-order valence-electron chi connectivity index (χ0n) is 40.7. The minimum Gasteiger partial charge on any atom is -0.462 e. The molecular formula is C58H90O6. The van der Waals surface area contributed by atoms with Crippen molar-refractivity contribution in [1.29, 1.82) is 0 Å². The molecule has 358 valence electrons. The molecular weight excluding hydrogens is 793 g/mol. The van der Waals surface area contributed by atoms with Crippen LogP contribution in [0.1, 0.15) is 194 Å². The Kier molecular flexibility index (Phi) is 47.6. The van der Waals surface area contributed by atoms with E-state index >= 15 is 0 Å². The first-order valence-electron chi connectivity index (χ1n) is 25.2. The smallest absolute Gasteiger partial charge is 0.306 e. The molecule has 6 nitrogen and oxygen atoms in total. The molecule has 0 radical (unpaired) electrons. The predicted octanol–water partition coefficient (Wildman–Crippen LogP) is 16.7. The first kappa shape index (κ1) is 59.5. The van der Waals surface area contributed by atoms with Gasteiger partial charge < -0.3 is 14.2 Å². The molecule has 1 atom stereocenters. The Labute approximate surface area is 392 Å². The quantitative estimate of drug-likeness (QED) is 0.0200. The number of hydrogen-bond donors (Lipinski definition) is 0. The molecule has 6 heteroatoms. The number of ether oxygens (including phenoxy) is 3. The second kappa shape index (κ2) is 51.2. The van der Waals surface area contributed by atoms with Crippen LogP contribution >= 0.6 is 0 Å². The molecule has 64 heavy (non-hydrogen) atoms. The number of rotatable bonds is 43. The first-order chi connectivity index (χ1) is 31.5. The fourth-order valence-electron chi connectivity index (χ4n) is 6.21. The van der Waals surface area contributed by atoms with Gasteiger partial charge in [-0.2, -0.15) is 0 Å². The first-order valence-corrected chi connectivity index (χ1v) is 25.2. The lowest BCUT2D eigenvalue weighted by Gasteiger charge is -2.18. The van der Waals surface area contributed by atoms with E-state index in [4.69, 9.17) is 14.2 Å². The number of carbonyl (C=O) groups excluding carboxylic acids is 3. The Bertz CT molecular complexity index is 1430. The van der Waals surface area contributed by atoms with E-state index in [1.54, 1.807) is 0 Å². The van der Waals surface area contributed by atoms with Crippen LogP contribution in [-0.4, -0.2) is 37.2 Å². The predicted molar refractivity (Wildman–Crippen MR) is 274 cm³/mol. The summed E-state index contributed by atoms with van der Waals surface area (Å²) in [7, 11) is 0. The van der Waals surface area contributed by atoms with Gasteiger partial charge in [0.25, 0.3) is 0 Å². The molecule has 0 aromatic rings. The molecule has 0 spiro atoms. The highest BCUT2D eigenvalue weighted by Crippen LogP contribution is 2.11. The van der Waals surface area contributed by atoms with Gasteiger partial charge in [0.2, 0.25) is 0 Å². The molecule has 0 aliphatic heterocycles. The summed E-state index contributed by atoms with van der Waals surface area (Å²) in [5.41, 5.74) is 0. The number of carbonyl (C=O) groups is 3. The third-order valence-electron chi connectivity index (χ3n) is 9.94. The van der Waals surface area contributed by atoms with Gasteiger partial charge in [-0.25, -0.2) is 0 Å². The van der Waals surface area contributed by atoms with Crippen molar-refractivity contribution in [3.05, 3.63) is 134 Å². The van der Waals surface area contributed by atoms with E-state index < -0.39 is 12.1 Å². The van der Waals surface area contributed by atoms with Crippen LogP contribution in [0.5, 0.6) is 0 Å². The van der Waals surface area contributed by atoms with E-state index in [9.17, 15) is 14.4 Å². The lowest BCUT2D eigenvalue weighted by atomic mass is 10.1. The molecule has 0 aromatic heterocycles. The molecule has 0 aromatic carbocycles. The zero-order chi connectivity index (χ0) is 46.5. The van der Waals surface area contributed by atoms with Crippen LogP contribution in [0.3, 0.4) is 0 Å². The van der Waals surface area contributed by atoms with Gasteiger partial charge in [0.15, 0.2) is 6.10 Å². The fraction of sp³-hybridized carbons (Fsp3) is 0.569. The summed E-state index contributed by atoms with van der Waals surface area (Å²) in [4.78, 5) is 37.9. The van der Waals surface area contributed by atoms with E-state index in [-0.39, 0.29) is 38.0 Å². The summed E-state index contributed by atoms with van der Waals surface area (Å²) in [5, 5.41) is 0. The van der Waals surface area contributed by atoms with Crippen molar-refractivity contribution in [2.75, 3.05) is 13.2 Å². The third kappa shape index (κ3) is 48.6. The van der Waals surface area contributed by atoms with E-state index in [2.05, 4.69) is 142 Å². The van der Waals surface area contributed by atoms with Crippen LogP contribution in [0.25, 0.3) is 0 Å². The molecule has 0 saturated carbocycles. The van der Waals surface area contributed by atoms with Crippen molar-refractivity contribution in [3.63, 3.8) is 0 Å². The number of esters is 3. The van der Waals surface area contributed by atoms with E-state index in [1.165, 1.54) is 32.1 Å². The zero-order valence-corrected chi connectivity index (χ0v) is 40.7. The summed E-state index contributed by atoms with van der Waals surface area (Å²) in [6.07, 6.45) is 71.6. The van der Waals surface area contributed by atoms with Crippen LogP contribution in [0.4, 0.5) is 0 Å². The lowest BCUT2D eigenvalue weighted by Crippen LogP contribution is -2.30. The number of allylic oxidation sites excluding steroid dienone is 22. The molecule has 0 rings (SSSR count). The second-order valence-electron chi connectivity index (χ2n) is 16.0. The van der Waals surface area contributed by atoms with Crippen molar-refractivity contribution in [3.8, 4) is 0 Å². The highest BCUT2D eigenvalue weighted by atomic mass is 16.6. The van der Waals surface area contributed by atoms with E-state index in [0.29, 0.717) is 19.3 Å². The molecule has 0 aliphatic carbocycles. The second-order valence-corrected chi connectivity index (χ2v) is 16.0. The van der Waals surface area contributed by atoms with Gasteiger partial charge in [0, 0.05) is 19.3 Å². The minimum absolute atomic E-state index is 0.136. The Morgan fingerprint density at radius 3 is 1.17 bits per heavy atom. The molecule has 0 N–H and O–H groups in total. The largest absolute Gasteiger partial charge is 0.462 e. The highest BCUT2D eigenvalue weighted by molar-refractivity contribution is 5.71. The maximum atomic E-state index is 12.8. The normalized spacial score (nSPS) is 13.2. The van der Waals surface area contributed by atoms with Gasteiger partial charge in [-0.1, -0.05) is 199 Å². The highest BCUT2D eigenvalue weighted by Gasteiger charge is 2.19. The topological polar surface area (TPSA) is 78.9 Å². The van der Waals surface area contributed by atoms with Gasteiger partial charge in [-0.15, -0.1) is 0 Å². The van der Waals surface area contributed by atoms with Crippen molar-refractivity contribution in [2.45, 2.75) is 200 Å². The Morgan fingerprint density at radius 2 is 0.703 bits per heavy atom. The van der Waals surface area contributed by atoms with Crippen molar-refractivity contribution >= 4 is 17.9 Å². The molecule has 0 amide bonds. The minimum atomic E-state index is -0.846. The molecule has 0 saturated heterocycles. The fourth-order valence-corrected chi connectivity index (χ4v) is 6.21. The number of hydrogen-bond acceptors (Lipinski definition) is 6. The van der Waals surface area contributed by atoms with E-state index in [0.717, 1.165) is 109 Å². The van der Waals surface area contributed by atoms with Gasteiger partial charge >= 0.3 is 17.9 Å². The van der Waals surface area contributed by atoms with Crippen molar-refractivity contribution in [2.24, 2.45) is 0 Å². The Morgan fingerprint density at radius 1 is 0.344 bits per heavy atom. The third-order valence-corrected chi connectivity index (χ3v) is 9.94. The summed E-state index contributed by atoms with van der Waals surface area (Å²) >= 11 is 0. The van der Waals surface area contributed by atoms with Crippen molar-refractivity contribution < 1.29 is 28.6 Å². The maximum absolute atomic E-state index is 12.8. The lowest BCUT2D eigenvalue weighted by molar-refractivity contribution is -0.166. The molecule has 0 heterocycles. The summed E-state index contributed by atoms with van der Waals surface area (Å²) in [5.74, 6) is -1.09. The summed E-state index contributed by atoms with van der Waals surface area (Å²) < 4.78 is 16.6. The van der Waals surface area contributed by atoms with Crippen molar-refractivity contribution in [1.82, 2.24) is 0 Å². The van der Waals surface area contributed by atoms with Crippen LogP contribution in [-0.2, 0) is 28.6 Å². The van der Waals surface area contributed by atoms with Gasteiger partial charge in [0.05, 0.1) is 0 Å². The van der Waals surface area contributed by atoms with Gasteiger partial charge in [-0.3, -0.25) is 14.4 Å². The molecule has 1 unspecified atom stereocenters. The number of unbranched alkanes of at least 4 members (excludes halogenated alkanes) is 12. The van der Waals surface area contributed by atoms with Crippen LogP contribution in [0.15, 0.2) is 134 Å². The molecule has 0 fully saturated rings. The molecule has 0 bridgehead atoms. The maximum Gasteiger partial charge on any atom is 0.306 e. The average molecular weight is 883 g/mol. The van der Waals surface area contributed by atoms with Crippen LogP contribution in [0.2, 0.25) is 0 Å². The molecule has 0 aliphatic rings. The SMILES string of the molecule is CC/C=C\C/C=C\C/C=C\C/C=C\C/C=C\CCC(=O)OC(COC(=O)CCCC/C=C\C/C=C\C/C=C\CC)COC(=O)CCCCCCC\C=C/C=C\C=C/CCCCCCC. The van der Waals surface area contributed by atoms with E-state index in [1.807, 2.05) is 12.2 Å². The average Bonchev–Trinajstić information content (AvgIpc) is 3.29. The monoisotopic (exact) mass is 883 g/mol.